The fraction of sp³-hybridized carbons (Fsp3) is 0.571. The maximum atomic E-state index is 12.5. The first kappa shape index (κ1) is 11.7. The van der Waals surface area contributed by atoms with Gasteiger partial charge in [0.2, 0.25) is 5.91 Å². The number of carbonyl (C=O) groups is 1. The molecule has 4 heteroatoms. The van der Waals surface area contributed by atoms with Gasteiger partial charge in [0.25, 0.3) is 0 Å². The molecule has 18 heavy (non-hydrogen) atoms. The summed E-state index contributed by atoms with van der Waals surface area (Å²) in [6.45, 7) is 1.68. The summed E-state index contributed by atoms with van der Waals surface area (Å²) in [4.78, 5) is 18.6. The van der Waals surface area contributed by atoms with Crippen LogP contribution in [0.15, 0.2) is 24.5 Å². The molecule has 0 unspecified atom stereocenters. The largest absolute Gasteiger partial charge is 0.334 e. The molecule has 0 radical (unpaired) electrons. The zero-order chi connectivity index (χ0) is 12.4. The predicted octanol–water partition coefficient (Wildman–Crippen LogP) is 1.32. The van der Waals surface area contributed by atoms with Crippen molar-refractivity contribution < 1.29 is 4.79 Å². The molecule has 0 spiro atoms. The first-order chi connectivity index (χ1) is 8.84. The van der Waals surface area contributed by atoms with Crippen LogP contribution in [0.1, 0.15) is 31.2 Å². The highest BCUT2D eigenvalue weighted by Crippen LogP contribution is 2.29. The molecule has 0 aromatic carbocycles. The number of nitrogens with one attached hydrogen (secondary N) is 1. The maximum Gasteiger partial charge on any atom is 0.240 e. The van der Waals surface area contributed by atoms with Crippen molar-refractivity contribution in [3.05, 3.63) is 30.1 Å². The summed E-state index contributed by atoms with van der Waals surface area (Å²) in [7, 11) is 0. The van der Waals surface area contributed by atoms with Crippen molar-refractivity contribution in [1.29, 1.82) is 0 Å². The number of carbonyl (C=O) groups excluding carboxylic acids is 1. The Balaban J connectivity index is 1.70. The van der Waals surface area contributed by atoms with Crippen molar-refractivity contribution in [2.24, 2.45) is 0 Å². The van der Waals surface area contributed by atoms with Gasteiger partial charge in [0.05, 0.1) is 6.04 Å². The Morgan fingerprint density at radius 3 is 2.94 bits per heavy atom. The Bertz CT molecular complexity index is 410. The van der Waals surface area contributed by atoms with Gasteiger partial charge in [0.15, 0.2) is 0 Å². The van der Waals surface area contributed by atoms with Crippen molar-refractivity contribution in [3.63, 3.8) is 0 Å². The molecule has 96 valence electrons. The van der Waals surface area contributed by atoms with Gasteiger partial charge in [-0.3, -0.25) is 9.78 Å². The Labute approximate surface area is 107 Å². The van der Waals surface area contributed by atoms with Crippen LogP contribution in [0.4, 0.5) is 0 Å². The summed E-state index contributed by atoms with van der Waals surface area (Å²) in [5.74, 6) is 0.277. The molecule has 1 atom stereocenters. The van der Waals surface area contributed by atoms with E-state index >= 15 is 0 Å². The van der Waals surface area contributed by atoms with Gasteiger partial charge in [0.1, 0.15) is 0 Å². The molecule has 1 aromatic heterocycles. The Morgan fingerprint density at radius 2 is 2.33 bits per heavy atom. The number of aromatic nitrogens is 1. The summed E-state index contributed by atoms with van der Waals surface area (Å²) in [5, 5.41) is 3.30. The van der Waals surface area contributed by atoms with Gasteiger partial charge in [-0.1, -0.05) is 6.07 Å². The van der Waals surface area contributed by atoms with E-state index in [1.54, 1.807) is 6.20 Å². The van der Waals surface area contributed by atoms with E-state index in [2.05, 4.69) is 10.3 Å². The minimum absolute atomic E-state index is 0.0438. The van der Waals surface area contributed by atoms with Crippen LogP contribution in [0.2, 0.25) is 0 Å². The molecule has 1 amide bonds. The second-order valence-electron chi connectivity index (χ2n) is 5.21. The van der Waals surface area contributed by atoms with Gasteiger partial charge >= 0.3 is 0 Å². The molecule has 2 heterocycles. The first-order valence-corrected chi connectivity index (χ1v) is 6.77. The molecule has 1 aliphatic carbocycles. The van der Waals surface area contributed by atoms with E-state index in [1.165, 1.54) is 0 Å². The molecule has 1 saturated carbocycles. The summed E-state index contributed by atoms with van der Waals surface area (Å²) in [6.07, 6.45) is 8.02. The summed E-state index contributed by atoms with van der Waals surface area (Å²) < 4.78 is 0. The molecule has 1 saturated heterocycles. The average Bonchev–Trinajstić information content (AvgIpc) is 3.10. The van der Waals surface area contributed by atoms with E-state index in [9.17, 15) is 4.79 Å². The molecule has 1 aliphatic heterocycles. The highest BCUT2D eigenvalue weighted by atomic mass is 16.2. The van der Waals surface area contributed by atoms with Crippen molar-refractivity contribution >= 4 is 5.91 Å². The smallest absolute Gasteiger partial charge is 0.240 e. The standard InChI is InChI=1S/C14H19N3O/c18-14(13-4-2-8-16-13)17(12-5-6-12)10-11-3-1-7-15-9-11/h1,3,7,9,12-13,16H,2,4-6,8,10H2/t13-/m0/s1. The molecule has 2 fully saturated rings. The Hall–Kier alpha value is -1.42. The number of amides is 1. The summed E-state index contributed by atoms with van der Waals surface area (Å²) in [5.41, 5.74) is 1.12. The SMILES string of the molecule is O=C([C@@H]1CCCN1)N(Cc1cccnc1)C1CC1. The molecule has 3 rings (SSSR count). The van der Waals surface area contributed by atoms with Gasteiger partial charge in [-0.15, -0.1) is 0 Å². The van der Waals surface area contributed by atoms with Crippen molar-refractivity contribution in [2.45, 2.75) is 44.3 Å². The van der Waals surface area contributed by atoms with Gasteiger partial charge in [-0.2, -0.15) is 0 Å². The molecular weight excluding hydrogens is 226 g/mol. The lowest BCUT2D eigenvalue weighted by atomic mass is 10.2. The van der Waals surface area contributed by atoms with Gasteiger partial charge in [-0.25, -0.2) is 0 Å². The molecule has 0 bridgehead atoms. The first-order valence-electron chi connectivity index (χ1n) is 6.77. The van der Waals surface area contributed by atoms with Crippen LogP contribution in [-0.4, -0.2) is 34.4 Å². The quantitative estimate of drug-likeness (QED) is 0.870. The van der Waals surface area contributed by atoms with Crippen LogP contribution in [0, 0.1) is 0 Å². The normalized spacial score (nSPS) is 23.0. The third kappa shape index (κ3) is 2.53. The summed E-state index contributed by atoms with van der Waals surface area (Å²) >= 11 is 0. The lowest BCUT2D eigenvalue weighted by Crippen LogP contribution is -2.44. The number of nitrogens with zero attached hydrogens (tertiary/aromatic N) is 2. The lowest BCUT2D eigenvalue weighted by molar-refractivity contribution is -0.134. The summed E-state index contributed by atoms with van der Waals surface area (Å²) in [6, 6.07) is 4.47. The van der Waals surface area contributed by atoms with E-state index in [0.717, 1.165) is 37.8 Å². The van der Waals surface area contributed by atoms with Crippen LogP contribution in [-0.2, 0) is 11.3 Å². The maximum absolute atomic E-state index is 12.5. The fourth-order valence-corrected chi connectivity index (χ4v) is 2.56. The Kier molecular flexibility index (Phi) is 3.28. The van der Waals surface area contributed by atoms with Crippen molar-refractivity contribution in [3.8, 4) is 0 Å². The van der Waals surface area contributed by atoms with E-state index in [0.29, 0.717) is 12.6 Å². The average molecular weight is 245 g/mol. The lowest BCUT2D eigenvalue weighted by Gasteiger charge is -2.25. The van der Waals surface area contributed by atoms with E-state index in [1.807, 2.05) is 23.2 Å². The van der Waals surface area contributed by atoms with Crippen LogP contribution in [0.25, 0.3) is 0 Å². The minimum Gasteiger partial charge on any atom is -0.334 e. The van der Waals surface area contributed by atoms with E-state index < -0.39 is 0 Å². The van der Waals surface area contributed by atoms with Gasteiger partial charge < -0.3 is 10.2 Å². The molecule has 1 aromatic rings. The van der Waals surface area contributed by atoms with Crippen molar-refractivity contribution in [2.75, 3.05) is 6.54 Å². The second kappa shape index (κ2) is 5.06. The molecule has 1 N–H and O–H groups in total. The van der Waals surface area contributed by atoms with E-state index in [4.69, 9.17) is 0 Å². The number of pyridine rings is 1. The zero-order valence-electron chi connectivity index (χ0n) is 10.5. The number of hydrogen-bond donors (Lipinski definition) is 1. The molecule has 2 aliphatic rings. The highest BCUT2D eigenvalue weighted by molar-refractivity contribution is 5.82. The molecule has 4 nitrogen and oxygen atoms in total. The third-order valence-corrected chi connectivity index (χ3v) is 3.70. The van der Waals surface area contributed by atoms with Crippen LogP contribution in [0.3, 0.4) is 0 Å². The zero-order valence-corrected chi connectivity index (χ0v) is 10.5. The number of rotatable bonds is 4. The monoisotopic (exact) mass is 245 g/mol. The van der Waals surface area contributed by atoms with Crippen molar-refractivity contribution in [1.82, 2.24) is 15.2 Å². The van der Waals surface area contributed by atoms with Gasteiger partial charge in [0, 0.05) is 25.0 Å². The second-order valence-corrected chi connectivity index (χ2v) is 5.21. The highest BCUT2D eigenvalue weighted by Gasteiger charge is 2.36. The third-order valence-electron chi connectivity index (χ3n) is 3.70. The van der Waals surface area contributed by atoms with E-state index in [-0.39, 0.29) is 11.9 Å². The van der Waals surface area contributed by atoms with Crippen LogP contribution >= 0.6 is 0 Å². The Morgan fingerprint density at radius 1 is 1.44 bits per heavy atom. The van der Waals surface area contributed by atoms with Crippen LogP contribution < -0.4 is 5.32 Å². The van der Waals surface area contributed by atoms with Crippen LogP contribution in [0.5, 0.6) is 0 Å². The minimum atomic E-state index is 0.0438. The fourth-order valence-electron chi connectivity index (χ4n) is 2.56. The number of hydrogen-bond acceptors (Lipinski definition) is 3. The topological polar surface area (TPSA) is 45.2 Å². The predicted molar refractivity (Wildman–Crippen MR) is 68.8 cm³/mol. The van der Waals surface area contributed by atoms with Gasteiger partial charge in [-0.05, 0) is 43.9 Å². The molecular formula is C14H19N3O.